The molecule has 0 aliphatic carbocycles. The molecule has 0 fully saturated rings. The second-order valence-electron chi connectivity index (χ2n) is 3.87. The van der Waals surface area contributed by atoms with Gasteiger partial charge in [-0.3, -0.25) is 0 Å². The van der Waals surface area contributed by atoms with Crippen molar-refractivity contribution in [2.45, 2.75) is 28.8 Å². The van der Waals surface area contributed by atoms with Crippen LogP contribution in [0.5, 0.6) is 0 Å². The van der Waals surface area contributed by atoms with Crippen molar-refractivity contribution in [1.29, 1.82) is 0 Å². The fourth-order valence-corrected chi connectivity index (χ4v) is 3.08. The molecule has 3 nitrogen and oxygen atoms in total. The first-order chi connectivity index (χ1) is 9.49. The maximum atomic E-state index is 12.8. The van der Waals surface area contributed by atoms with Crippen LogP contribution in [0.3, 0.4) is 0 Å². The summed E-state index contributed by atoms with van der Waals surface area (Å²) >= 11 is 2.66. The lowest BCUT2D eigenvalue weighted by Crippen LogP contribution is -2.12. The number of halogens is 3. The molecule has 0 aromatic carbocycles. The summed E-state index contributed by atoms with van der Waals surface area (Å²) in [5.74, 6) is 0.0146. The molecule has 0 spiro atoms. The van der Waals surface area contributed by atoms with E-state index in [1.807, 2.05) is 24.4 Å². The number of hydrogen-bond acceptors (Lipinski definition) is 5. The number of alkyl halides is 3. The molecule has 1 N–H and O–H groups in total. The van der Waals surface area contributed by atoms with Crippen molar-refractivity contribution < 1.29 is 13.2 Å². The first kappa shape index (κ1) is 15.1. The van der Waals surface area contributed by atoms with Gasteiger partial charge in [-0.2, -0.15) is 13.2 Å². The van der Waals surface area contributed by atoms with Gasteiger partial charge in [-0.1, -0.05) is 24.8 Å². The Labute approximate surface area is 122 Å². The van der Waals surface area contributed by atoms with Gasteiger partial charge in [-0.15, -0.1) is 11.3 Å². The van der Waals surface area contributed by atoms with Crippen LogP contribution in [0.4, 0.5) is 19.1 Å². The zero-order chi connectivity index (χ0) is 14.6. The third kappa shape index (κ3) is 4.11. The molecular formula is C12H12F3N3S2. The van der Waals surface area contributed by atoms with E-state index >= 15 is 0 Å². The van der Waals surface area contributed by atoms with Gasteiger partial charge in [-0.05, 0) is 17.9 Å². The first-order valence-electron chi connectivity index (χ1n) is 5.90. The monoisotopic (exact) mass is 319 g/mol. The number of nitrogens with one attached hydrogen (secondary N) is 1. The van der Waals surface area contributed by atoms with E-state index in [9.17, 15) is 13.2 Å². The van der Waals surface area contributed by atoms with Crippen molar-refractivity contribution in [3.8, 4) is 0 Å². The third-order valence-electron chi connectivity index (χ3n) is 2.23. The Hall–Kier alpha value is -1.28. The quantitative estimate of drug-likeness (QED) is 0.822. The minimum atomic E-state index is -4.48. The van der Waals surface area contributed by atoms with Gasteiger partial charge in [0.2, 0.25) is 5.95 Å². The Kier molecular flexibility index (Phi) is 4.87. The Balaban J connectivity index is 2.29. The fraction of sp³-hybridized carbons (Fsp3) is 0.333. The molecule has 0 bridgehead atoms. The molecule has 2 aromatic heterocycles. The average Bonchev–Trinajstić information content (AvgIpc) is 2.88. The minimum absolute atomic E-state index is 0.0146. The molecule has 0 amide bonds. The maximum absolute atomic E-state index is 12.8. The Morgan fingerprint density at radius 2 is 2.15 bits per heavy atom. The second kappa shape index (κ2) is 6.45. The van der Waals surface area contributed by atoms with E-state index in [4.69, 9.17) is 0 Å². The van der Waals surface area contributed by atoms with Gasteiger partial charge in [0.15, 0.2) is 5.69 Å². The summed E-state index contributed by atoms with van der Waals surface area (Å²) in [4.78, 5) is 7.62. The number of nitrogens with zero attached hydrogens (tertiary/aromatic N) is 2. The van der Waals surface area contributed by atoms with Gasteiger partial charge in [-0.25, -0.2) is 9.97 Å². The number of anilines is 1. The zero-order valence-electron chi connectivity index (χ0n) is 10.6. The predicted octanol–water partition coefficient (Wildman–Crippen LogP) is 4.53. The molecule has 2 aromatic rings. The number of rotatable bonds is 5. The molecule has 2 rings (SSSR count). The molecule has 0 saturated heterocycles. The smallest absolute Gasteiger partial charge is 0.354 e. The molecule has 0 saturated carbocycles. The average molecular weight is 319 g/mol. The van der Waals surface area contributed by atoms with E-state index in [1.54, 1.807) is 0 Å². The standard InChI is InChI=1S/C12H12F3N3S2/c1-2-5-16-11-17-8(12(13,14)15)7-9(18-11)20-10-4-3-6-19-10/h3-4,6-7H,2,5H2,1H3,(H,16,17,18). The van der Waals surface area contributed by atoms with Crippen LogP contribution in [0.1, 0.15) is 19.0 Å². The fourth-order valence-electron chi connectivity index (χ4n) is 1.36. The summed E-state index contributed by atoms with van der Waals surface area (Å²) < 4.78 is 39.4. The number of thiophene rings is 1. The summed E-state index contributed by atoms with van der Waals surface area (Å²) in [6, 6.07) is 4.65. The molecule has 108 valence electrons. The van der Waals surface area contributed by atoms with Crippen LogP contribution in [0.15, 0.2) is 32.8 Å². The summed E-state index contributed by atoms with van der Waals surface area (Å²) in [6.07, 6.45) is -3.69. The van der Waals surface area contributed by atoms with E-state index in [1.165, 1.54) is 23.1 Å². The van der Waals surface area contributed by atoms with Crippen LogP contribution >= 0.6 is 23.1 Å². The summed E-state index contributed by atoms with van der Waals surface area (Å²) in [5.41, 5.74) is -0.926. The van der Waals surface area contributed by atoms with Gasteiger partial charge >= 0.3 is 6.18 Å². The molecule has 8 heteroatoms. The van der Waals surface area contributed by atoms with Crippen LogP contribution in [0, 0.1) is 0 Å². The van der Waals surface area contributed by atoms with E-state index in [0.717, 1.165) is 16.7 Å². The van der Waals surface area contributed by atoms with Crippen molar-refractivity contribution in [2.24, 2.45) is 0 Å². The van der Waals surface area contributed by atoms with Crippen molar-refractivity contribution in [3.05, 3.63) is 29.3 Å². The topological polar surface area (TPSA) is 37.8 Å². The van der Waals surface area contributed by atoms with Gasteiger partial charge in [0.1, 0.15) is 5.03 Å². The van der Waals surface area contributed by atoms with Crippen LogP contribution in [0.25, 0.3) is 0 Å². The highest BCUT2D eigenvalue weighted by Crippen LogP contribution is 2.34. The highest BCUT2D eigenvalue weighted by Gasteiger charge is 2.33. The van der Waals surface area contributed by atoms with E-state index < -0.39 is 11.9 Å². The van der Waals surface area contributed by atoms with Crippen molar-refractivity contribution in [2.75, 3.05) is 11.9 Å². The van der Waals surface area contributed by atoms with Crippen LogP contribution < -0.4 is 5.32 Å². The Morgan fingerprint density at radius 1 is 1.35 bits per heavy atom. The number of aromatic nitrogens is 2. The summed E-state index contributed by atoms with van der Waals surface area (Å²) in [7, 11) is 0. The van der Waals surface area contributed by atoms with E-state index in [2.05, 4.69) is 15.3 Å². The molecule has 0 radical (unpaired) electrons. The second-order valence-corrected chi connectivity index (χ2v) is 6.14. The highest BCUT2D eigenvalue weighted by atomic mass is 32.2. The van der Waals surface area contributed by atoms with Gasteiger partial charge in [0.25, 0.3) is 0 Å². The molecular weight excluding hydrogens is 307 g/mol. The minimum Gasteiger partial charge on any atom is -0.354 e. The Morgan fingerprint density at radius 3 is 2.75 bits per heavy atom. The highest BCUT2D eigenvalue weighted by molar-refractivity contribution is 8.01. The van der Waals surface area contributed by atoms with E-state index in [-0.39, 0.29) is 11.0 Å². The van der Waals surface area contributed by atoms with Gasteiger partial charge in [0.05, 0.1) is 4.21 Å². The van der Waals surface area contributed by atoms with Crippen molar-refractivity contribution >= 4 is 29.0 Å². The number of hydrogen-bond donors (Lipinski definition) is 1. The third-order valence-corrected chi connectivity index (χ3v) is 4.18. The first-order valence-corrected chi connectivity index (χ1v) is 7.60. The molecule has 0 unspecified atom stereocenters. The van der Waals surface area contributed by atoms with Gasteiger partial charge in [0, 0.05) is 12.6 Å². The lowest BCUT2D eigenvalue weighted by atomic mass is 10.4. The van der Waals surface area contributed by atoms with Crippen LogP contribution in [0.2, 0.25) is 0 Å². The maximum Gasteiger partial charge on any atom is 0.433 e. The molecule has 20 heavy (non-hydrogen) atoms. The molecule has 2 heterocycles. The lowest BCUT2D eigenvalue weighted by molar-refractivity contribution is -0.141. The molecule has 0 aliphatic heterocycles. The normalized spacial score (nSPS) is 11.6. The van der Waals surface area contributed by atoms with Crippen LogP contribution in [-0.4, -0.2) is 16.5 Å². The van der Waals surface area contributed by atoms with Crippen LogP contribution in [-0.2, 0) is 6.18 Å². The molecule has 0 aliphatic rings. The molecule has 0 atom stereocenters. The van der Waals surface area contributed by atoms with Gasteiger partial charge < -0.3 is 5.32 Å². The van der Waals surface area contributed by atoms with Crippen molar-refractivity contribution in [1.82, 2.24) is 9.97 Å². The lowest BCUT2D eigenvalue weighted by Gasteiger charge is -2.10. The predicted molar refractivity (Wildman–Crippen MR) is 74.3 cm³/mol. The zero-order valence-corrected chi connectivity index (χ0v) is 12.2. The summed E-state index contributed by atoms with van der Waals surface area (Å²) in [6.45, 7) is 2.45. The SMILES string of the molecule is CCCNc1nc(Sc2cccs2)cc(C(F)(F)F)n1. The Bertz CT molecular complexity index is 556. The summed E-state index contributed by atoms with van der Waals surface area (Å²) in [5, 5.41) is 4.95. The van der Waals surface area contributed by atoms with E-state index in [0.29, 0.717) is 6.54 Å². The largest absolute Gasteiger partial charge is 0.433 e. The van der Waals surface area contributed by atoms with Crippen molar-refractivity contribution in [3.63, 3.8) is 0 Å².